The minimum Gasteiger partial charge on any atom is -0.497 e. The number of carbonyl (C=O) groups is 1. The first-order chi connectivity index (χ1) is 21.9. The summed E-state index contributed by atoms with van der Waals surface area (Å²) in [5.41, 5.74) is 12.3. The fraction of sp³-hybridized carbons (Fsp3) is 0.200. The maximum absolute atomic E-state index is 9.58. The molecule has 234 valence electrons. The number of aromatic nitrogens is 2. The molecule has 45 heavy (non-hydrogen) atoms. The highest BCUT2D eigenvalue weighted by molar-refractivity contribution is 5.87. The van der Waals surface area contributed by atoms with E-state index in [1.54, 1.807) is 17.8 Å². The SMILES string of the molecule is C=O.CC.CC1=CC=C(N=CN)C=CC1.CNc1cn2ncc(C#N)c(Nc3ccc(Oc4cccc(OC)c4)cc3)c2c1C. The van der Waals surface area contributed by atoms with Crippen molar-refractivity contribution in [3.8, 4) is 23.3 Å². The van der Waals surface area contributed by atoms with Crippen LogP contribution in [-0.4, -0.2) is 36.9 Å². The maximum atomic E-state index is 9.58. The molecule has 0 aliphatic heterocycles. The van der Waals surface area contributed by atoms with Crippen LogP contribution in [0.15, 0.2) is 101 Å². The highest BCUT2D eigenvalue weighted by Gasteiger charge is 2.15. The zero-order chi connectivity index (χ0) is 33.2. The number of rotatable bonds is 7. The molecule has 0 saturated heterocycles. The van der Waals surface area contributed by atoms with Crippen molar-refractivity contribution in [3.05, 3.63) is 108 Å². The smallest absolute Gasteiger partial charge is 0.131 e. The number of aliphatic imine (C=N–C) groups is 1. The molecular weight excluding hydrogens is 566 g/mol. The van der Waals surface area contributed by atoms with Crippen LogP contribution in [0.1, 0.15) is 38.3 Å². The number of anilines is 3. The molecule has 0 atom stereocenters. The van der Waals surface area contributed by atoms with Gasteiger partial charge in [0.1, 0.15) is 30.1 Å². The number of carbonyl (C=O) groups excluding carboxylic acids is 1. The first-order valence-corrected chi connectivity index (χ1v) is 14.3. The second-order valence-corrected chi connectivity index (χ2v) is 9.18. The highest BCUT2D eigenvalue weighted by atomic mass is 16.5. The Balaban J connectivity index is 0.000000394. The fourth-order valence-corrected chi connectivity index (χ4v) is 4.19. The molecule has 2 aromatic carbocycles. The number of nitrogens with zero attached hydrogens (tertiary/aromatic N) is 4. The monoisotopic (exact) mass is 607 g/mol. The number of nitrogens with two attached hydrogens (primary N) is 1. The Morgan fingerprint density at radius 2 is 1.80 bits per heavy atom. The molecule has 0 fully saturated rings. The van der Waals surface area contributed by atoms with E-state index in [2.05, 4.69) is 45.9 Å². The number of hydrogen-bond acceptors (Lipinski definition) is 8. The van der Waals surface area contributed by atoms with Crippen LogP contribution in [0, 0.1) is 18.3 Å². The number of aryl methyl sites for hydroxylation is 1. The third kappa shape index (κ3) is 9.86. The quantitative estimate of drug-likeness (QED) is 0.143. The van der Waals surface area contributed by atoms with Gasteiger partial charge in [0, 0.05) is 24.4 Å². The van der Waals surface area contributed by atoms with Crippen molar-refractivity contribution in [1.29, 1.82) is 5.26 Å². The molecule has 4 N–H and O–H groups in total. The number of nitrogens with one attached hydrogen (secondary N) is 2. The summed E-state index contributed by atoms with van der Waals surface area (Å²) in [6, 6.07) is 17.2. The van der Waals surface area contributed by atoms with Gasteiger partial charge in [-0.2, -0.15) is 10.4 Å². The Bertz CT molecular complexity index is 1690. The number of allylic oxidation sites excluding steroid dienone is 5. The lowest BCUT2D eigenvalue weighted by molar-refractivity contribution is -0.0980. The summed E-state index contributed by atoms with van der Waals surface area (Å²) < 4.78 is 12.9. The predicted molar refractivity (Wildman–Crippen MR) is 184 cm³/mol. The Morgan fingerprint density at radius 1 is 1.09 bits per heavy atom. The Morgan fingerprint density at radius 3 is 2.44 bits per heavy atom. The van der Waals surface area contributed by atoms with E-state index in [1.165, 1.54) is 11.9 Å². The first kappa shape index (κ1) is 35.4. The van der Waals surface area contributed by atoms with E-state index in [0.717, 1.165) is 40.3 Å². The molecular formula is C35H41N7O3. The van der Waals surface area contributed by atoms with Crippen molar-refractivity contribution in [1.82, 2.24) is 9.61 Å². The summed E-state index contributed by atoms with van der Waals surface area (Å²) in [6.07, 6.45) is 13.8. The molecule has 1 aliphatic rings. The van der Waals surface area contributed by atoms with Gasteiger partial charge in [-0.3, -0.25) is 0 Å². The zero-order valence-electron chi connectivity index (χ0n) is 26.7. The lowest BCUT2D eigenvalue weighted by atomic mass is 10.1. The third-order valence-electron chi connectivity index (χ3n) is 6.34. The van der Waals surface area contributed by atoms with Crippen molar-refractivity contribution in [2.45, 2.75) is 34.1 Å². The molecule has 0 saturated carbocycles. The Kier molecular flexibility index (Phi) is 14.7. The van der Waals surface area contributed by atoms with Gasteiger partial charge < -0.3 is 30.6 Å². The van der Waals surface area contributed by atoms with Crippen molar-refractivity contribution >= 4 is 35.7 Å². The van der Waals surface area contributed by atoms with Crippen LogP contribution < -0.4 is 25.8 Å². The molecule has 0 bridgehead atoms. The van der Waals surface area contributed by atoms with Gasteiger partial charge in [0.2, 0.25) is 0 Å². The predicted octanol–water partition coefficient (Wildman–Crippen LogP) is 7.71. The summed E-state index contributed by atoms with van der Waals surface area (Å²) in [6.45, 7) is 10.1. The molecule has 2 heterocycles. The number of nitriles is 1. The van der Waals surface area contributed by atoms with E-state index in [9.17, 15) is 5.26 Å². The van der Waals surface area contributed by atoms with E-state index in [0.29, 0.717) is 22.7 Å². The summed E-state index contributed by atoms with van der Waals surface area (Å²) in [4.78, 5) is 12.0. The van der Waals surface area contributed by atoms with Crippen molar-refractivity contribution in [3.63, 3.8) is 0 Å². The molecule has 0 radical (unpaired) electrons. The fourth-order valence-electron chi connectivity index (χ4n) is 4.19. The van der Waals surface area contributed by atoms with Crippen LogP contribution in [0.4, 0.5) is 17.1 Å². The van der Waals surface area contributed by atoms with Gasteiger partial charge in [-0.25, -0.2) is 9.51 Å². The van der Waals surface area contributed by atoms with Crippen LogP contribution >= 0.6 is 0 Å². The average molecular weight is 608 g/mol. The number of ether oxygens (including phenoxy) is 2. The normalized spacial score (nSPS) is 11.6. The molecule has 1 aliphatic carbocycles. The van der Waals surface area contributed by atoms with Gasteiger partial charge in [0.05, 0.1) is 54.0 Å². The Labute approximate surface area is 265 Å². The lowest BCUT2D eigenvalue weighted by Gasteiger charge is -2.12. The minimum atomic E-state index is 0.475. The van der Waals surface area contributed by atoms with Crippen molar-refractivity contribution in [2.75, 3.05) is 24.8 Å². The molecule has 4 aromatic rings. The van der Waals surface area contributed by atoms with E-state index in [4.69, 9.17) is 20.0 Å². The second-order valence-electron chi connectivity index (χ2n) is 9.18. The van der Waals surface area contributed by atoms with Gasteiger partial charge >= 0.3 is 0 Å². The number of benzene rings is 2. The molecule has 0 amide bonds. The van der Waals surface area contributed by atoms with E-state index >= 15 is 0 Å². The molecule has 2 aromatic heterocycles. The lowest BCUT2D eigenvalue weighted by Crippen LogP contribution is -2.00. The van der Waals surface area contributed by atoms with Gasteiger partial charge in [-0.15, -0.1) is 0 Å². The number of methoxy groups -OCH3 is 1. The van der Waals surface area contributed by atoms with Crippen LogP contribution in [-0.2, 0) is 4.79 Å². The van der Waals surface area contributed by atoms with Gasteiger partial charge in [-0.1, -0.05) is 37.6 Å². The van der Waals surface area contributed by atoms with Crippen molar-refractivity contribution < 1.29 is 14.3 Å². The van der Waals surface area contributed by atoms with Crippen LogP contribution in [0.25, 0.3) is 5.52 Å². The van der Waals surface area contributed by atoms with Crippen LogP contribution in [0.5, 0.6) is 17.2 Å². The number of fused-ring (bicyclic) bond motifs is 1. The van der Waals surface area contributed by atoms with Gasteiger partial charge in [0.15, 0.2) is 0 Å². The second kappa shape index (κ2) is 18.7. The van der Waals surface area contributed by atoms with E-state index in [-0.39, 0.29) is 0 Å². The van der Waals surface area contributed by atoms with E-state index in [1.807, 2.05) is 101 Å². The first-order valence-electron chi connectivity index (χ1n) is 14.3. The summed E-state index contributed by atoms with van der Waals surface area (Å²) in [5, 5.41) is 20.4. The zero-order valence-corrected chi connectivity index (χ0v) is 26.7. The molecule has 10 nitrogen and oxygen atoms in total. The van der Waals surface area contributed by atoms with Gasteiger partial charge in [-0.05, 0) is 68.8 Å². The van der Waals surface area contributed by atoms with Crippen LogP contribution in [0.3, 0.4) is 0 Å². The molecule has 0 spiro atoms. The number of hydrogen-bond donors (Lipinski definition) is 3. The topological polar surface area (TPSA) is 139 Å². The third-order valence-corrected chi connectivity index (χ3v) is 6.34. The molecule has 10 heteroatoms. The largest absolute Gasteiger partial charge is 0.497 e. The molecule has 0 unspecified atom stereocenters. The average Bonchev–Trinajstić information content (AvgIpc) is 3.27. The maximum Gasteiger partial charge on any atom is 0.131 e. The summed E-state index contributed by atoms with van der Waals surface area (Å²) in [7, 11) is 3.48. The van der Waals surface area contributed by atoms with E-state index < -0.39 is 0 Å². The van der Waals surface area contributed by atoms with Gasteiger partial charge in [0.25, 0.3) is 0 Å². The summed E-state index contributed by atoms with van der Waals surface area (Å²) >= 11 is 0. The molecule has 5 rings (SSSR count). The standard InChI is InChI=1S/C23H21N5O2.C9H12N2.C2H6.CH2O/c1-15-21(25-2)14-28-23(15)22(16(12-24)13-26-28)27-17-7-9-18(10-8-17)30-20-6-4-5-19(11-20)29-3;1-8-3-2-4-9(6-5-8)11-7-10;2*1-2/h4-11,13-14,25,27H,1-3H3;2,4-7H,3H2,1H3,(H2,10,11);1-2H3;1H2. The van der Waals surface area contributed by atoms with Crippen molar-refractivity contribution in [2.24, 2.45) is 10.7 Å². The van der Waals surface area contributed by atoms with Crippen LogP contribution in [0.2, 0.25) is 0 Å². The Hall–Kier alpha value is -5.82. The highest BCUT2D eigenvalue weighted by Crippen LogP contribution is 2.33. The minimum absolute atomic E-state index is 0.475. The summed E-state index contributed by atoms with van der Waals surface area (Å²) in [5.74, 6) is 2.13.